The molecule has 7 nitrogen and oxygen atoms in total. The van der Waals surface area contributed by atoms with Crippen LogP contribution in [0.4, 0.5) is 0 Å². The Morgan fingerprint density at radius 1 is 1.28 bits per heavy atom. The lowest BCUT2D eigenvalue weighted by Gasteiger charge is -2.12. The molecular formula is C19H19ClN4O3S2. The fraction of sp³-hybridized carbons (Fsp3) is 0.316. The number of thioether (sulfide) groups is 1. The van der Waals surface area contributed by atoms with E-state index < -0.39 is 11.9 Å². The molecule has 1 aromatic carbocycles. The van der Waals surface area contributed by atoms with Gasteiger partial charge < -0.3 is 9.30 Å². The SMILES string of the molecule is CCOC(=O)[C@@H](C(=O)CSc1nnc(-c2ccc(Cl)cc2)n1C)c1nc(C)cs1. The molecule has 1 atom stereocenters. The van der Waals surface area contributed by atoms with Crippen molar-refractivity contribution in [1.29, 1.82) is 0 Å². The van der Waals surface area contributed by atoms with E-state index in [1.54, 1.807) is 23.6 Å². The second-order valence-corrected chi connectivity index (χ2v) is 8.41. The number of carbonyl (C=O) groups excluding carboxylic acids is 2. The van der Waals surface area contributed by atoms with E-state index in [4.69, 9.17) is 16.3 Å². The predicted molar refractivity (Wildman–Crippen MR) is 113 cm³/mol. The number of hydrogen-bond donors (Lipinski definition) is 0. The molecule has 0 unspecified atom stereocenters. The zero-order chi connectivity index (χ0) is 21.0. The molecule has 0 aliphatic rings. The second-order valence-electron chi connectivity index (χ2n) is 6.14. The fourth-order valence-corrected chi connectivity index (χ4v) is 4.46. The maximum Gasteiger partial charge on any atom is 0.323 e. The summed E-state index contributed by atoms with van der Waals surface area (Å²) in [5.74, 6) is -1.17. The van der Waals surface area contributed by atoms with Gasteiger partial charge in [0.25, 0.3) is 0 Å². The molecule has 0 fully saturated rings. The van der Waals surface area contributed by atoms with Crippen LogP contribution in [0.15, 0.2) is 34.8 Å². The van der Waals surface area contributed by atoms with Crippen molar-refractivity contribution in [3.05, 3.63) is 45.4 Å². The third kappa shape index (κ3) is 5.04. The number of hydrogen-bond acceptors (Lipinski definition) is 8. The summed E-state index contributed by atoms with van der Waals surface area (Å²) in [6.07, 6.45) is 0. The maximum absolute atomic E-state index is 12.8. The van der Waals surface area contributed by atoms with Gasteiger partial charge in [0, 0.05) is 28.7 Å². The normalized spacial score (nSPS) is 12.0. The van der Waals surface area contributed by atoms with Gasteiger partial charge in [-0.1, -0.05) is 23.4 Å². The van der Waals surface area contributed by atoms with Gasteiger partial charge in [-0.15, -0.1) is 21.5 Å². The van der Waals surface area contributed by atoms with Gasteiger partial charge in [0.15, 0.2) is 22.7 Å². The summed E-state index contributed by atoms with van der Waals surface area (Å²) in [5.41, 5.74) is 1.63. The van der Waals surface area contributed by atoms with E-state index in [9.17, 15) is 9.59 Å². The number of carbonyl (C=O) groups is 2. The number of rotatable bonds is 8. The van der Waals surface area contributed by atoms with Gasteiger partial charge in [-0.3, -0.25) is 9.59 Å². The van der Waals surface area contributed by atoms with E-state index in [-0.39, 0.29) is 18.1 Å². The summed E-state index contributed by atoms with van der Waals surface area (Å²) in [5, 5.41) is 11.8. The van der Waals surface area contributed by atoms with Gasteiger partial charge >= 0.3 is 5.97 Å². The molecule has 29 heavy (non-hydrogen) atoms. The van der Waals surface area contributed by atoms with Crippen LogP contribution in [0.3, 0.4) is 0 Å². The van der Waals surface area contributed by atoms with Crippen LogP contribution in [0.5, 0.6) is 0 Å². The van der Waals surface area contributed by atoms with Crippen molar-refractivity contribution in [3.63, 3.8) is 0 Å². The molecule has 10 heteroatoms. The topological polar surface area (TPSA) is 87.0 Å². The first-order valence-electron chi connectivity index (χ1n) is 8.80. The zero-order valence-corrected chi connectivity index (χ0v) is 18.5. The average Bonchev–Trinajstić information content (AvgIpc) is 3.27. The standard InChI is InChI=1S/C19H19ClN4O3S2/c1-4-27-18(26)15(17-21-11(2)9-28-17)14(25)10-29-19-23-22-16(24(19)3)12-5-7-13(20)8-6-12/h5-9,15H,4,10H2,1-3H3/t15-/m0/s1. The first-order valence-corrected chi connectivity index (χ1v) is 11.0. The number of aryl methyl sites for hydroxylation is 1. The van der Waals surface area contributed by atoms with Crippen LogP contribution >= 0.6 is 34.7 Å². The number of ether oxygens (including phenoxy) is 1. The Morgan fingerprint density at radius 3 is 2.62 bits per heavy atom. The van der Waals surface area contributed by atoms with Crippen molar-refractivity contribution in [1.82, 2.24) is 19.7 Å². The molecule has 0 amide bonds. The molecule has 152 valence electrons. The highest BCUT2D eigenvalue weighted by Gasteiger charge is 2.32. The smallest absolute Gasteiger partial charge is 0.323 e. The summed E-state index contributed by atoms with van der Waals surface area (Å²) in [6, 6.07) is 7.27. The minimum atomic E-state index is -1.02. The third-order valence-corrected chi connectivity index (χ3v) is 6.33. The maximum atomic E-state index is 12.8. The van der Waals surface area contributed by atoms with Gasteiger partial charge in [0.05, 0.1) is 12.4 Å². The van der Waals surface area contributed by atoms with Crippen molar-refractivity contribution in [3.8, 4) is 11.4 Å². The average molecular weight is 451 g/mol. The molecule has 3 rings (SSSR count). The van der Waals surface area contributed by atoms with Gasteiger partial charge in [-0.05, 0) is 38.1 Å². The molecule has 0 saturated heterocycles. The van der Waals surface area contributed by atoms with Gasteiger partial charge in [-0.25, -0.2) is 4.98 Å². The van der Waals surface area contributed by atoms with E-state index in [2.05, 4.69) is 15.2 Å². The van der Waals surface area contributed by atoms with E-state index in [1.165, 1.54) is 23.1 Å². The van der Waals surface area contributed by atoms with Crippen molar-refractivity contribution < 1.29 is 14.3 Å². The molecule has 0 bridgehead atoms. The number of nitrogens with zero attached hydrogens (tertiary/aromatic N) is 4. The highest BCUT2D eigenvalue weighted by Crippen LogP contribution is 2.28. The Balaban J connectivity index is 1.74. The van der Waals surface area contributed by atoms with Crippen LogP contribution in [-0.4, -0.2) is 43.9 Å². The lowest BCUT2D eigenvalue weighted by Crippen LogP contribution is -2.25. The third-order valence-electron chi connectivity index (χ3n) is 4.01. The number of thiazole rings is 1. The molecule has 2 aromatic heterocycles. The molecule has 0 spiro atoms. The fourth-order valence-electron chi connectivity index (χ4n) is 2.61. The zero-order valence-electron chi connectivity index (χ0n) is 16.1. The Hall–Kier alpha value is -2.23. The summed E-state index contributed by atoms with van der Waals surface area (Å²) < 4.78 is 6.89. The van der Waals surface area contributed by atoms with Gasteiger partial charge in [-0.2, -0.15) is 0 Å². The van der Waals surface area contributed by atoms with E-state index in [1.807, 2.05) is 31.5 Å². The first-order chi connectivity index (χ1) is 13.9. The van der Waals surface area contributed by atoms with E-state index in [0.29, 0.717) is 21.0 Å². The van der Waals surface area contributed by atoms with E-state index in [0.717, 1.165) is 11.3 Å². The van der Waals surface area contributed by atoms with Crippen LogP contribution in [0, 0.1) is 6.92 Å². The molecule has 2 heterocycles. The van der Waals surface area contributed by atoms with Crippen molar-refractivity contribution in [2.24, 2.45) is 7.05 Å². The lowest BCUT2D eigenvalue weighted by atomic mass is 10.1. The number of benzene rings is 1. The van der Waals surface area contributed by atoms with Gasteiger partial charge in [0.2, 0.25) is 0 Å². The number of Topliss-reactive ketones (excluding diaryl/α,β-unsaturated/α-hetero) is 1. The van der Waals surface area contributed by atoms with Crippen LogP contribution in [0.1, 0.15) is 23.5 Å². The molecule has 0 radical (unpaired) electrons. The summed E-state index contributed by atoms with van der Waals surface area (Å²) >= 11 is 8.44. The molecule has 0 saturated carbocycles. The predicted octanol–water partition coefficient (Wildman–Crippen LogP) is 3.91. The first kappa shape index (κ1) is 21.5. The minimum Gasteiger partial charge on any atom is -0.465 e. The lowest BCUT2D eigenvalue weighted by molar-refractivity contribution is -0.147. The molecule has 0 aliphatic heterocycles. The Morgan fingerprint density at radius 2 is 2.00 bits per heavy atom. The Bertz CT molecular complexity index is 1020. The quantitative estimate of drug-likeness (QED) is 0.292. The monoisotopic (exact) mass is 450 g/mol. The molecule has 3 aromatic rings. The number of esters is 1. The summed E-state index contributed by atoms with van der Waals surface area (Å²) in [4.78, 5) is 29.5. The number of halogens is 1. The van der Waals surface area contributed by atoms with Crippen LogP contribution in [0.25, 0.3) is 11.4 Å². The highest BCUT2D eigenvalue weighted by atomic mass is 35.5. The highest BCUT2D eigenvalue weighted by molar-refractivity contribution is 7.99. The number of aromatic nitrogens is 4. The largest absolute Gasteiger partial charge is 0.465 e. The van der Waals surface area contributed by atoms with Crippen molar-refractivity contribution in [2.75, 3.05) is 12.4 Å². The van der Waals surface area contributed by atoms with Crippen molar-refractivity contribution in [2.45, 2.75) is 24.9 Å². The van der Waals surface area contributed by atoms with Crippen LogP contribution in [-0.2, 0) is 21.4 Å². The summed E-state index contributed by atoms with van der Waals surface area (Å²) in [6.45, 7) is 3.73. The van der Waals surface area contributed by atoms with Crippen molar-refractivity contribution >= 4 is 46.5 Å². The molecule has 0 aliphatic carbocycles. The summed E-state index contributed by atoms with van der Waals surface area (Å²) in [7, 11) is 1.82. The van der Waals surface area contributed by atoms with E-state index >= 15 is 0 Å². The Labute approximate surface area is 181 Å². The molecular weight excluding hydrogens is 432 g/mol. The van der Waals surface area contributed by atoms with Crippen LogP contribution < -0.4 is 0 Å². The minimum absolute atomic E-state index is 0.0503. The second kappa shape index (κ2) is 9.51. The van der Waals surface area contributed by atoms with Crippen LogP contribution in [0.2, 0.25) is 5.02 Å². The van der Waals surface area contributed by atoms with Gasteiger partial charge in [0.1, 0.15) is 5.01 Å². The molecule has 0 N–H and O–H groups in total. The number of ketones is 1. The Kier molecular flexibility index (Phi) is 7.05.